The Morgan fingerprint density at radius 3 is 2.76 bits per heavy atom. The summed E-state index contributed by atoms with van der Waals surface area (Å²) in [5, 5.41) is 1.64. The fraction of sp³-hybridized carbons (Fsp3) is 0.412. The molecule has 1 spiro atoms. The molecule has 1 saturated carbocycles. The number of nitrogen functional groups attached to an aromatic ring is 1. The van der Waals surface area contributed by atoms with Gasteiger partial charge < -0.3 is 16.4 Å². The summed E-state index contributed by atoms with van der Waals surface area (Å²) < 4.78 is 0. The van der Waals surface area contributed by atoms with E-state index in [1.54, 1.807) is 12.3 Å². The number of halogens is 2. The average molecular weight is 396 g/mol. The maximum atomic E-state index is 6.24. The van der Waals surface area contributed by atoms with Crippen LogP contribution in [0.4, 0.5) is 11.6 Å². The molecule has 1 aromatic carbocycles. The lowest BCUT2D eigenvalue weighted by molar-refractivity contribution is 0.122. The highest BCUT2D eigenvalue weighted by atomic mass is 35.5. The van der Waals surface area contributed by atoms with E-state index < -0.39 is 0 Å². The normalized spacial score (nSPS) is 25.4. The van der Waals surface area contributed by atoms with Crippen molar-refractivity contribution >= 4 is 46.6 Å². The molecule has 1 aromatic heterocycles. The number of anilines is 2. The van der Waals surface area contributed by atoms with Crippen molar-refractivity contribution in [2.24, 2.45) is 11.1 Å². The third-order valence-electron chi connectivity index (χ3n) is 5.32. The summed E-state index contributed by atoms with van der Waals surface area (Å²) in [4.78, 5) is 12.1. The second kappa shape index (κ2) is 6.50. The minimum Gasteiger partial charge on any atom is -0.381 e. The number of nitrogens with zero attached hydrogens (tertiary/aromatic N) is 3. The Balaban J connectivity index is 1.52. The lowest BCUT2D eigenvalue weighted by Gasteiger charge is -2.44. The molecule has 8 heteroatoms. The van der Waals surface area contributed by atoms with Gasteiger partial charge in [0.25, 0.3) is 0 Å². The van der Waals surface area contributed by atoms with Gasteiger partial charge in [0, 0.05) is 29.4 Å². The Kier molecular flexibility index (Phi) is 4.48. The first-order chi connectivity index (χ1) is 12.0. The molecule has 0 unspecified atom stereocenters. The summed E-state index contributed by atoms with van der Waals surface area (Å²) in [6.07, 6.45) is 5.22. The average Bonchev–Trinajstić information content (AvgIpc) is 3.07. The van der Waals surface area contributed by atoms with Crippen LogP contribution in [0, 0.1) is 5.41 Å². The van der Waals surface area contributed by atoms with Crippen molar-refractivity contribution in [3.8, 4) is 0 Å². The maximum Gasteiger partial charge on any atom is 0.158 e. The van der Waals surface area contributed by atoms with Crippen molar-refractivity contribution in [2.75, 3.05) is 23.7 Å². The monoisotopic (exact) mass is 395 g/mol. The molecule has 132 valence electrons. The van der Waals surface area contributed by atoms with E-state index in [0.29, 0.717) is 26.9 Å². The molecule has 4 rings (SSSR count). The van der Waals surface area contributed by atoms with E-state index in [1.165, 1.54) is 18.2 Å². The molecular formula is C17H19Cl2N5S. The molecule has 0 amide bonds. The van der Waals surface area contributed by atoms with Gasteiger partial charge in [-0.25, -0.2) is 9.97 Å². The summed E-state index contributed by atoms with van der Waals surface area (Å²) in [5.74, 6) is 1.22. The fourth-order valence-electron chi connectivity index (χ4n) is 3.60. The van der Waals surface area contributed by atoms with Crippen LogP contribution in [0.1, 0.15) is 19.3 Å². The van der Waals surface area contributed by atoms with E-state index in [9.17, 15) is 0 Å². The van der Waals surface area contributed by atoms with E-state index in [1.807, 2.05) is 12.1 Å². The number of hydrogen-bond acceptors (Lipinski definition) is 6. The summed E-state index contributed by atoms with van der Waals surface area (Å²) in [6, 6.07) is 5.79. The summed E-state index contributed by atoms with van der Waals surface area (Å²) >= 11 is 13.7. The van der Waals surface area contributed by atoms with Crippen LogP contribution in [0.2, 0.25) is 10.0 Å². The van der Waals surface area contributed by atoms with Crippen molar-refractivity contribution in [1.29, 1.82) is 0 Å². The molecule has 2 aliphatic rings. The first-order valence-electron chi connectivity index (χ1n) is 8.23. The molecule has 4 N–H and O–H groups in total. The molecular weight excluding hydrogens is 377 g/mol. The van der Waals surface area contributed by atoms with Gasteiger partial charge in [0.2, 0.25) is 0 Å². The van der Waals surface area contributed by atoms with Gasteiger partial charge in [-0.3, -0.25) is 0 Å². The molecule has 5 nitrogen and oxygen atoms in total. The molecule has 2 fully saturated rings. The highest BCUT2D eigenvalue weighted by Crippen LogP contribution is 2.48. The third kappa shape index (κ3) is 3.05. The number of nitrogens with two attached hydrogens (primary N) is 2. The number of aromatic nitrogens is 2. The van der Waals surface area contributed by atoms with Gasteiger partial charge >= 0.3 is 0 Å². The second-order valence-electron chi connectivity index (χ2n) is 6.75. The van der Waals surface area contributed by atoms with Crippen LogP contribution in [0.3, 0.4) is 0 Å². The molecule has 2 aromatic rings. The third-order valence-corrected chi connectivity index (χ3v) is 7.32. The first-order valence-corrected chi connectivity index (χ1v) is 9.81. The highest BCUT2D eigenvalue weighted by Gasteiger charge is 2.49. The summed E-state index contributed by atoms with van der Waals surface area (Å²) in [7, 11) is 0. The van der Waals surface area contributed by atoms with Gasteiger partial charge in [-0.1, -0.05) is 41.0 Å². The van der Waals surface area contributed by atoms with Gasteiger partial charge in [-0.2, -0.15) is 0 Å². The zero-order valence-corrected chi connectivity index (χ0v) is 15.9. The minimum absolute atomic E-state index is 0.262. The minimum atomic E-state index is 0.262. The van der Waals surface area contributed by atoms with E-state index in [0.717, 1.165) is 36.6 Å². The zero-order chi connectivity index (χ0) is 17.6. The standard InChI is InChI=1S/C17H19Cl2N5S/c18-10-2-1-3-11(14(10)19)25-16-15(21)23-13(8-22-16)24-7-6-17(9-24)5-4-12(17)20/h1-3,8,12H,4-7,9,20H2,(H2,21,23)/t12-,17+/m1/s1. The van der Waals surface area contributed by atoms with E-state index in [4.69, 9.17) is 34.7 Å². The lowest BCUT2D eigenvalue weighted by atomic mass is 9.64. The predicted octanol–water partition coefficient (Wildman–Crippen LogP) is 3.83. The van der Waals surface area contributed by atoms with E-state index in [2.05, 4.69) is 14.9 Å². The molecule has 2 heterocycles. The lowest BCUT2D eigenvalue weighted by Crippen LogP contribution is -2.52. The van der Waals surface area contributed by atoms with Crippen molar-refractivity contribution in [3.63, 3.8) is 0 Å². The second-order valence-corrected chi connectivity index (χ2v) is 8.57. The number of benzene rings is 1. The van der Waals surface area contributed by atoms with Crippen LogP contribution < -0.4 is 16.4 Å². The Morgan fingerprint density at radius 2 is 2.12 bits per heavy atom. The van der Waals surface area contributed by atoms with Crippen LogP contribution in [0.25, 0.3) is 0 Å². The van der Waals surface area contributed by atoms with Crippen LogP contribution in [-0.4, -0.2) is 29.1 Å². The Bertz CT molecular complexity index is 818. The van der Waals surface area contributed by atoms with Crippen LogP contribution in [0.5, 0.6) is 0 Å². The van der Waals surface area contributed by atoms with E-state index in [-0.39, 0.29) is 5.41 Å². The van der Waals surface area contributed by atoms with Gasteiger partial charge in [-0.15, -0.1) is 0 Å². The summed E-state index contributed by atoms with van der Waals surface area (Å²) in [5.41, 5.74) is 12.6. The highest BCUT2D eigenvalue weighted by molar-refractivity contribution is 7.99. The van der Waals surface area contributed by atoms with Crippen LogP contribution in [-0.2, 0) is 0 Å². The molecule has 0 bridgehead atoms. The topological polar surface area (TPSA) is 81.1 Å². The molecule has 1 aliphatic carbocycles. The van der Waals surface area contributed by atoms with Crippen molar-refractivity contribution in [1.82, 2.24) is 9.97 Å². The van der Waals surface area contributed by atoms with Crippen molar-refractivity contribution in [2.45, 2.75) is 35.2 Å². The first kappa shape index (κ1) is 17.2. The maximum absolute atomic E-state index is 6.24. The smallest absolute Gasteiger partial charge is 0.158 e. The molecule has 1 aliphatic heterocycles. The predicted molar refractivity (Wildman–Crippen MR) is 104 cm³/mol. The number of hydrogen-bond donors (Lipinski definition) is 2. The van der Waals surface area contributed by atoms with Crippen molar-refractivity contribution in [3.05, 3.63) is 34.4 Å². The zero-order valence-electron chi connectivity index (χ0n) is 13.6. The molecule has 2 atom stereocenters. The largest absolute Gasteiger partial charge is 0.381 e. The SMILES string of the molecule is Nc1nc(N2CC[C@@]3(CC[C@H]3N)C2)cnc1Sc1cccc(Cl)c1Cl. The number of rotatable bonds is 3. The van der Waals surface area contributed by atoms with Crippen molar-refractivity contribution < 1.29 is 0 Å². The van der Waals surface area contributed by atoms with Gasteiger partial charge in [0.15, 0.2) is 5.82 Å². The van der Waals surface area contributed by atoms with Gasteiger partial charge in [0.1, 0.15) is 10.8 Å². The Morgan fingerprint density at radius 1 is 1.28 bits per heavy atom. The fourth-order valence-corrected chi connectivity index (χ4v) is 4.88. The quantitative estimate of drug-likeness (QED) is 0.821. The van der Waals surface area contributed by atoms with Gasteiger partial charge in [0.05, 0.1) is 16.2 Å². The van der Waals surface area contributed by atoms with Crippen LogP contribution in [0.15, 0.2) is 34.3 Å². The van der Waals surface area contributed by atoms with Gasteiger partial charge in [-0.05, 0) is 31.4 Å². The van der Waals surface area contributed by atoms with Crippen LogP contribution >= 0.6 is 35.0 Å². The van der Waals surface area contributed by atoms with E-state index >= 15 is 0 Å². The molecule has 0 radical (unpaired) electrons. The Hall–Kier alpha value is -1.21. The molecule has 1 saturated heterocycles. The summed E-state index contributed by atoms with van der Waals surface area (Å²) in [6.45, 7) is 1.89. The molecule has 25 heavy (non-hydrogen) atoms. The Labute approximate surface area is 161 Å².